The first-order valence-electron chi connectivity index (χ1n) is 8.63. The molecular weight excluding hydrogens is 338 g/mol. The Morgan fingerprint density at radius 3 is 2.38 bits per heavy atom. The average molecular weight is 363 g/mol. The summed E-state index contributed by atoms with van der Waals surface area (Å²) in [4.78, 5) is 30.6. The number of anilines is 1. The maximum Gasteiger partial charge on any atom is 0.303 e. The zero-order valence-electron chi connectivity index (χ0n) is 14.7. The minimum absolute atomic E-state index is 0.296. The van der Waals surface area contributed by atoms with Gasteiger partial charge in [0.1, 0.15) is 0 Å². The summed E-state index contributed by atoms with van der Waals surface area (Å²) in [6.07, 6.45) is 2.92. The minimum atomic E-state index is -1.08. The number of amides is 1. The lowest BCUT2D eigenvalue weighted by atomic mass is 9.80. The molecule has 1 aliphatic carbocycles. The van der Waals surface area contributed by atoms with E-state index in [1.807, 2.05) is 19.2 Å². The summed E-state index contributed by atoms with van der Waals surface area (Å²) in [5, 5.41) is 22.7. The van der Waals surface area contributed by atoms with Crippen LogP contribution in [0.4, 0.5) is 5.69 Å². The Hall–Kier alpha value is -2.61. The van der Waals surface area contributed by atoms with E-state index in [9.17, 15) is 14.4 Å². The molecule has 1 amide bonds. The van der Waals surface area contributed by atoms with Crippen LogP contribution in [-0.2, 0) is 9.59 Å². The van der Waals surface area contributed by atoms with Gasteiger partial charge in [-0.2, -0.15) is 0 Å². The van der Waals surface area contributed by atoms with E-state index in [1.165, 1.54) is 24.1 Å². The van der Waals surface area contributed by atoms with Crippen molar-refractivity contribution in [1.82, 2.24) is 5.32 Å². The number of carboxylic acid groups (broad SMARTS) is 2. The number of primary amides is 1. The number of fused-ring (bicyclic) bond motifs is 3. The molecule has 1 aromatic rings. The largest absolute Gasteiger partial charge is 0.481 e. The van der Waals surface area contributed by atoms with Crippen LogP contribution in [0.15, 0.2) is 18.2 Å². The van der Waals surface area contributed by atoms with E-state index < -0.39 is 11.9 Å². The molecule has 0 bridgehead atoms. The summed E-state index contributed by atoms with van der Waals surface area (Å²) in [6, 6.07) is 6.86. The number of carboxylic acids is 2. The van der Waals surface area contributed by atoms with Gasteiger partial charge < -0.3 is 26.6 Å². The number of benzene rings is 1. The standard InChI is InChI=1S/C14H19N3O.C4H6O4/c1-16-9-3-5-13-11(7-9)10-6-8(14(15)18)2-4-12(10)17-13;5-3(6)1-2-4(7)8/h2,4,6,9,11,13,16-17H,3,5,7H2,1H3,(H2,15,18);1-2H2,(H,5,6)(H,7,8)/t9-,11?,13?;/m1./s1. The molecule has 0 spiro atoms. The van der Waals surface area contributed by atoms with E-state index in [-0.39, 0.29) is 18.7 Å². The highest BCUT2D eigenvalue weighted by Crippen LogP contribution is 2.44. The first-order valence-corrected chi connectivity index (χ1v) is 8.63. The van der Waals surface area contributed by atoms with Crippen molar-refractivity contribution in [3.8, 4) is 0 Å². The summed E-state index contributed by atoms with van der Waals surface area (Å²) in [5.74, 6) is -1.99. The third-order valence-corrected chi connectivity index (χ3v) is 4.89. The quantitative estimate of drug-likeness (QED) is 0.532. The smallest absolute Gasteiger partial charge is 0.303 e. The Balaban J connectivity index is 0.000000260. The number of hydrogen-bond acceptors (Lipinski definition) is 5. The molecule has 0 saturated heterocycles. The number of nitrogens with one attached hydrogen (secondary N) is 2. The van der Waals surface area contributed by atoms with Gasteiger partial charge in [0.25, 0.3) is 0 Å². The monoisotopic (exact) mass is 363 g/mol. The number of hydrogen-bond donors (Lipinski definition) is 5. The van der Waals surface area contributed by atoms with Crippen molar-refractivity contribution >= 4 is 23.5 Å². The third kappa shape index (κ3) is 4.95. The van der Waals surface area contributed by atoms with Crippen molar-refractivity contribution in [3.63, 3.8) is 0 Å². The summed E-state index contributed by atoms with van der Waals surface area (Å²) < 4.78 is 0. The van der Waals surface area contributed by atoms with Crippen LogP contribution in [0, 0.1) is 0 Å². The van der Waals surface area contributed by atoms with Gasteiger partial charge in [0.15, 0.2) is 0 Å². The molecule has 0 aromatic heterocycles. The Morgan fingerprint density at radius 1 is 1.19 bits per heavy atom. The number of carbonyl (C=O) groups excluding carboxylic acids is 1. The molecule has 3 rings (SSSR count). The highest BCUT2D eigenvalue weighted by atomic mass is 16.4. The van der Waals surface area contributed by atoms with Gasteiger partial charge in [0, 0.05) is 29.3 Å². The Bertz CT molecular complexity index is 677. The van der Waals surface area contributed by atoms with Gasteiger partial charge >= 0.3 is 11.9 Å². The first-order chi connectivity index (χ1) is 12.3. The van der Waals surface area contributed by atoms with Crippen molar-refractivity contribution < 1.29 is 24.6 Å². The molecule has 8 heteroatoms. The summed E-state index contributed by atoms with van der Waals surface area (Å²) >= 11 is 0. The van der Waals surface area contributed by atoms with Gasteiger partial charge in [0.2, 0.25) is 5.91 Å². The predicted octanol–water partition coefficient (Wildman–Crippen LogP) is 1.37. The van der Waals surface area contributed by atoms with E-state index in [4.69, 9.17) is 15.9 Å². The first kappa shape index (κ1) is 19.7. The van der Waals surface area contributed by atoms with Crippen LogP contribution in [-0.4, -0.2) is 47.2 Å². The maximum absolute atomic E-state index is 11.3. The number of rotatable bonds is 5. The van der Waals surface area contributed by atoms with E-state index in [0.717, 1.165) is 6.42 Å². The van der Waals surface area contributed by atoms with Gasteiger partial charge in [-0.25, -0.2) is 0 Å². The second-order valence-corrected chi connectivity index (χ2v) is 6.61. The molecule has 1 fully saturated rings. The van der Waals surface area contributed by atoms with Gasteiger partial charge in [-0.05, 0) is 50.1 Å². The zero-order valence-corrected chi connectivity index (χ0v) is 14.7. The predicted molar refractivity (Wildman–Crippen MR) is 96.3 cm³/mol. The average Bonchev–Trinajstić information content (AvgIpc) is 2.97. The lowest BCUT2D eigenvalue weighted by Gasteiger charge is -2.31. The molecule has 142 valence electrons. The molecule has 1 aliphatic heterocycles. The fraction of sp³-hybridized carbons (Fsp3) is 0.500. The number of aliphatic carboxylic acids is 2. The molecule has 26 heavy (non-hydrogen) atoms. The molecule has 1 saturated carbocycles. The van der Waals surface area contributed by atoms with Crippen molar-refractivity contribution in [2.45, 2.75) is 50.1 Å². The van der Waals surface area contributed by atoms with E-state index in [1.54, 1.807) is 6.07 Å². The van der Waals surface area contributed by atoms with Crippen molar-refractivity contribution in [1.29, 1.82) is 0 Å². The van der Waals surface area contributed by atoms with Gasteiger partial charge in [-0.1, -0.05) is 0 Å². The van der Waals surface area contributed by atoms with Crippen LogP contribution in [0.5, 0.6) is 0 Å². The van der Waals surface area contributed by atoms with Crippen LogP contribution < -0.4 is 16.4 Å². The van der Waals surface area contributed by atoms with Crippen LogP contribution in [0.3, 0.4) is 0 Å². The fourth-order valence-electron chi connectivity index (χ4n) is 3.52. The van der Waals surface area contributed by atoms with E-state index >= 15 is 0 Å². The highest BCUT2D eigenvalue weighted by molar-refractivity contribution is 5.93. The van der Waals surface area contributed by atoms with E-state index in [2.05, 4.69) is 10.6 Å². The molecule has 1 heterocycles. The molecule has 2 unspecified atom stereocenters. The van der Waals surface area contributed by atoms with Gasteiger partial charge in [-0.15, -0.1) is 0 Å². The van der Waals surface area contributed by atoms with Crippen LogP contribution in [0.1, 0.15) is 53.9 Å². The molecule has 0 radical (unpaired) electrons. The second kappa shape index (κ2) is 8.66. The van der Waals surface area contributed by atoms with Crippen LogP contribution >= 0.6 is 0 Å². The number of carbonyl (C=O) groups is 3. The normalized spacial score (nSPS) is 22.9. The van der Waals surface area contributed by atoms with Gasteiger partial charge in [-0.3, -0.25) is 14.4 Å². The molecule has 2 aliphatic rings. The van der Waals surface area contributed by atoms with Crippen molar-refractivity contribution in [2.75, 3.05) is 12.4 Å². The molecule has 1 aromatic carbocycles. The Morgan fingerprint density at radius 2 is 1.85 bits per heavy atom. The lowest BCUT2D eigenvalue weighted by molar-refractivity contribution is -0.143. The van der Waals surface area contributed by atoms with Crippen LogP contribution in [0.2, 0.25) is 0 Å². The highest BCUT2D eigenvalue weighted by Gasteiger charge is 2.37. The molecule has 8 nitrogen and oxygen atoms in total. The summed E-state index contributed by atoms with van der Waals surface area (Å²) in [5.41, 5.74) is 8.40. The molecule has 3 atom stereocenters. The SMILES string of the molecule is CN[C@@H]1CCC2Nc3ccc(C(N)=O)cc3C2C1.O=C(O)CCC(=O)O. The van der Waals surface area contributed by atoms with Crippen molar-refractivity contribution in [3.05, 3.63) is 29.3 Å². The van der Waals surface area contributed by atoms with E-state index in [0.29, 0.717) is 23.6 Å². The van der Waals surface area contributed by atoms with Crippen molar-refractivity contribution in [2.24, 2.45) is 5.73 Å². The topological polar surface area (TPSA) is 142 Å². The third-order valence-electron chi connectivity index (χ3n) is 4.89. The summed E-state index contributed by atoms with van der Waals surface area (Å²) in [6.45, 7) is 0. The lowest BCUT2D eigenvalue weighted by Crippen LogP contribution is -2.37. The zero-order chi connectivity index (χ0) is 19.3. The Labute approximate surface area is 151 Å². The number of nitrogens with two attached hydrogens (primary N) is 1. The second-order valence-electron chi connectivity index (χ2n) is 6.61. The van der Waals surface area contributed by atoms with Crippen LogP contribution in [0.25, 0.3) is 0 Å². The van der Waals surface area contributed by atoms with Gasteiger partial charge in [0.05, 0.1) is 12.8 Å². The summed E-state index contributed by atoms with van der Waals surface area (Å²) in [7, 11) is 2.02. The maximum atomic E-state index is 11.3. The molecule has 6 N–H and O–H groups in total. The molecular formula is C18H25N3O5. The Kier molecular flexibility index (Phi) is 6.57. The fourth-order valence-corrected chi connectivity index (χ4v) is 3.52. The minimum Gasteiger partial charge on any atom is -0.481 e.